The zero-order valence-corrected chi connectivity index (χ0v) is 19.4. The molecule has 2 saturated heterocycles. The van der Waals surface area contributed by atoms with E-state index in [1.165, 1.54) is 16.8 Å². The molecular weight excluding hydrogens is 414 g/mol. The number of benzene rings is 1. The first-order chi connectivity index (χ1) is 16.1. The van der Waals surface area contributed by atoms with Crippen LogP contribution >= 0.6 is 0 Å². The minimum absolute atomic E-state index is 0.0126. The normalized spacial score (nSPS) is 19.1. The molecule has 0 bridgehead atoms. The summed E-state index contributed by atoms with van der Waals surface area (Å²) in [6, 6.07) is 12.3. The molecule has 5 rings (SSSR count). The van der Waals surface area contributed by atoms with Crippen LogP contribution in [-0.2, 0) is 4.79 Å². The molecule has 4 heterocycles. The molecule has 2 fully saturated rings. The Kier molecular flexibility index (Phi) is 5.98. The highest BCUT2D eigenvalue weighted by molar-refractivity contribution is 5.80. The van der Waals surface area contributed by atoms with Gasteiger partial charge in [-0.3, -0.25) is 4.79 Å². The number of anilines is 2. The third kappa shape index (κ3) is 4.55. The lowest BCUT2D eigenvalue weighted by Crippen LogP contribution is -2.52. The minimum Gasteiger partial charge on any atom is -0.368 e. The van der Waals surface area contributed by atoms with E-state index in [2.05, 4.69) is 62.0 Å². The van der Waals surface area contributed by atoms with E-state index in [9.17, 15) is 4.79 Å². The van der Waals surface area contributed by atoms with Crippen LogP contribution in [-0.4, -0.2) is 70.1 Å². The molecule has 1 amide bonds. The van der Waals surface area contributed by atoms with Gasteiger partial charge in [0.25, 0.3) is 0 Å². The van der Waals surface area contributed by atoms with Crippen LogP contribution in [0.1, 0.15) is 24.0 Å². The van der Waals surface area contributed by atoms with E-state index in [4.69, 9.17) is 0 Å². The number of carbonyl (C=O) groups is 1. The second-order valence-electron chi connectivity index (χ2n) is 9.09. The lowest BCUT2D eigenvalue weighted by Gasteiger charge is -2.40. The van der Waals surface area contributed by atoms with E-state index < -0.39 is 0 Å². The summed E-state index contributed by atoms with van der Waals surface area (Å²) in [7, 11) is 0. The number of piperidine rings is 1. The highest BCUT2D eigenvalue weighted by Crippen LogP contribution is 2.26. The fourth-order valence-electron chi connectivity index (χ4n) is 4.89. The molecular formula is C25H31N7O. The van der Waals surface area contributed by atoms with Crippen molar-refractivity contribution in [3.63, 3.8) is 0 Å². The first-order valence-corrected chi connectivity index (χ1v) is 11.8. The van der Waals surface area contributed by atoms with Crippen molar-refractivity contribution in [1.29, 1.82) is 0 Å². The number of hydrogen-bond donors (Lipinski definition) is 0. The monoisotopic (exact) mass is 445 g/mol. The molecule has 0 radical (unpaired) electrons. The standard InChI is InChI=1S/C25H31N7O/c1-19-6-7-20(2)22(17-19)29-13-15-30(16-14-29)25(33)21-5-3-11-31(18-21)23-8-9-24(28-27-23)32-12-4-10-26-32/h4,6-10,12,17,21H,3,5,11,13-16,18H2,1-2H3. The van der Waals surface area contributed by atoms with Gasteiger partial charge in [0.05, 0.1) is 5.92 Å². The quantitative estimate of drug-likeness (QED) is 0.615. The summed E-state index contributed by atoms with van der Waals surface area (Å²) < 4.78 is 1.69. The van der Waals surface area contributed by atoms with Crippen LogP contribution in [0.3, 0.4) is 0 Å². The molecule has 3 aromatic rings. The van der Waals surface area contributed by atoms with E-state index in [0.717, 1.165) is 51.4 Å². The van der Waals surface area contributed by atoms with Crippen molar-refractivity contribution >= 4 is 17.4 Å². The fraction of sp³-hybridized carbons (Fsp3) is 0.440. The first-order valence-electron chi connectivity index (χ1n) is 11.8. The minimum atomic E-state index is 0.0126. The Labute approximate surface area is 194 Å². The summed E-state index contributed by atoms with van der Waals surface area (Å²) in [5.74, 6) is 1.80. The van der Waals surface area contributed by atoms with Crippen LogP contribution in [0.15, 0.2) is 48.8 Å². The van der Waals surface area contributed by atoms with E-state index in [1.807, 2.05) is 24.4 Å². The van der Waals surface area contributed by atoms with E-state index in [1.54, 1.807) is 10.9 Å². The number of aromatic nitrogens is 4. The predicted octanol–water partition coefficient (Wildman–Crippen LogP) is 2.84. The lowest BCUT2D eigenvalue weighted by molar-refractivity contribution is -0.136. The molecule has 1 atom stereocenters. The van der Waals surface area contributed by atoms with E-state index >= 15 is 0 Å². The molecule has 0 aliphatic carbocycles. The van der Waals surface area contributed by atoms with Gasteiger partial charge < -0.3 is 14.7 Å². The molecule has 1 unspecified atom stereocenters. The second-order valence-corrected chi connectivity index (χ2v) is 9.09. The molecule has 8 heteroatoms. The number of amides is 1. The average molecular weight is 446 g/mol. The molecule has 2 aromatic heterocycles. The largest absolute Gasteiger partial charge is 0.368 e. The molecule has 8 nitrogen and oxygen atoms in total. The number of rotatable bonds is 4. The topological polar surface area (TPSA) is 70.4 Å². The maximum Gasteiger partial charge on any atom is 0.227 e. The third-order valence-electron chi connectivity index (χ3n) is 6.77. The Morgan fingerprint density at radius 1 is 0.939 bits per heavy atom. The second kappa shape index (κ2) is 9.21. The molecule has 0 spiro atoms. The van der Waals surface area contributed by atoms with Gasteiger partial charge in [0.1, 0.15) is 0 Å². The van der Waals surface area contributed by atoms with Gasteiger partial charge in [-0.25, -0.2) is 4.68 Å². The summed E-state index contributed by atoms with van der Waals surface area (Å²) in [6.07, 6.45) is 5.49. The molecule has 0 N–H and O–H groups in total. The van der Waals surface area contributed by atoms with Gasteiger partial charge in [0, 0.05) is 57.3 Å². The molecule has 1 aromatic carbocycles. The third-order valence-corrected chi connectivity index (χ3v) is 6.77. The SMILES string of the molecule is Cc1ccc(C)c(N2CCN(C(=O)C3CCCN(c4ccc(-n5cccn5)nn4)C3)CC2)c1. The lowest BCUT2D eigenvalue weighted by atomic mass is 9.96. The Balaban J connectivity index is 1.19. The highest BCUT2D eigenvalue weighted by atomic mass is 16.2. The number of piperazine rings is 1. The maximum absolute atomic E-state index is 13.3. The Morgan fingerprint density at radius 3 is 2.45 bits per heavy atom. The molecule has 33 heavy (non-hydrogen) atoms. The van der Waals surface area contributed by atoms with Gasteiger partial charge in [0.2, 0.25) is 5.91 Å². The maximum atomic E-state index is 13.3. The van der Waals surface area contributed by atoms with Crippen molar-refractivity contribution in [2.24, 2.45) is 5.92 Å². The summed E-state index contributed by atoms with van der Waals surface area (Å²) in [5, 5.41) is 12.9. The van der Waals surface area contributed by atoms with Crippen LogP contribution in [0.25, 0.3) is 5.82 Å². The van der Waals surface area contributed by atoms with Crippen molar-refractivity contribution in [1.82, 2.24) is 24.9 Å². The van der Waals surface area contributed by atoms with Crippen molar-refractivity contribution < 1.29 is 4.79 Å². The smallest absolute Gasteiger partial charge is 0.227 e. The van der Waals surface area contributed by atoms with E-state index in [-0.39, 0.29) is 11.8 Å². The number of nitrogens with zero attached hydrogens (tertiary/aromatic N) is 7. The van der Waals surface area contributed by atoms with Gasteiger partial charge in [0.15, 0.2) is 11.6 Å². The van der Waals surface area contributed by atoms with Crippen molar-refractivity contribution in [2.45, 2.75) is 26.7 Å². The van der Waals surface area contributed by atoms with Gasteiger partial charge in [-0.2, -0.15) is 5.10 Å². The highest BCUT2D eigenvalue weighted by Gasteiger charge is 2.32. The molecule has 0 saturated carbocycles. The summed E-state index contributed by atoms with van der Waals surface area (Å²) in [4.78, 5) is 20.0. The fourth-order valence-corrected chi connectivity index (χ4v) is 4.89. The summed E-state index contributed by atoms with van der Waals surface area (Å²) in [6.45, 7) is 9.22. The number of carbonyl (C=O) groups excluding carboxylic acids is 1. The number of hydrogen-bond acceptors (Lipinski definition) is 6. The molecule has 2 aliphatic heterocycles. The van der Waals surface area contributed by atoms with Crippen LogP contribution in [0, 0.1) is 19.8 Å². The van der Waals surface area contributed by atoms with Crippen LogP contribution in [0.2, 0.25) is 0 Å². The molecule has 2 aliphatic rings. The van der Waals surface area contributed by atoms with Crippen LogP contribution in [0.4, 0.5) is 11.5 Å². The van der Waals surface area contributed by atoms with Crippen LogP contribution < -0.4 is 9.80 Å². The summed E-state index contributed by atoms with van der Waals surface area (Å²) >= 11 is 0. The van der Waals surface area contributed by atoms with E-state index in [0.29, 0.717) is 12.4 Å². The van der Waals surface area contributed by atoms with Crippen molar-refractivity contribution in [2.75, 3.05) is 49.1 Å². The zero-order valence-electron chi connectivity index (χ0n) is 19.4. The number of aryl methyl sites for hydroxylation is 2. The Morgan fingerprint density at radius 2 is 1.73 bits per heavy atom. The first kappa shape index (κ1) is 21.4. The summed E-state index contributed by atoms with van der Waals surface area (Å²) in [5.41, 5.74) is 3.86. The average Bonchev–Trinajstić information content (AvgIpc) is 3.41. The van der Waals surface area contributed by atoms with Gasteiger partial charge in [-0.15, -0.1) is 10.2 Å². The Bertz CT molecular complexity index is 1090. The van der Waals surface area contributed by atoms with Gasteiger partial charge in [-0.1, -0.05) is 12.1 Å². The molecule has 172 valence electrons. The van der Waals surface area contributed by atoms with Crippen molar-refractivity contribution in [3.05, 3.63) is 59.9 Å². The predicted molar refractivity (Wildman–Crippen MR) is 129 cm³/mol. The van der Waals surface area contributed by atoms with Crippen molar-refractivity contribution in [3.8, 4) is 5.82 Å². The Hall–Kier alpha value is -3.42. The van der Waals surface area contributed by atoms with Gasteiger partial charge in [-0.05, 0) is 62.1 Å². The zero-order chi connectivity index (χ0) is 22.8. The van der Waals surface area contributed by atoms with Crippen LogP contribution in [0.5, 0.6) is 0 Å². The van der Waals surface area contributed by atoms with Gasteiger partial charge >= 0.3 is 0 Å².